The first kappa shape index (κ1) is 11.3. The van der Waals surface area contributed by atoms with Gasteiger partial charge in [0.15, 0.2) is 0 Å². The Balaban J connectivity index is 1.43. The van der Waals surface area contributed by atoms with E-state index in [-0.39, 0.29) is 0 Å². The van der Waals surface area contributed by atoms with Crippen molar-refractivity contribution in [3.8, 4) is 0 Å². The fraction of sp³-hybridized carbons (Fsp3) is 0.625. The van der Waals surface area contributed by atoms with E-state index in [0.29, 0.717) is 0 Å². The van der Waals surface area contributed by atoms with Crippen molar-refractivity contribution in [1.29, 1.82) is 0 Å². The Morgan fingerprint density at radius 3 is 2.53 bits per heavy atom. The Bertz CT molecular complexity index is 340. The summed E-state index contributed by atoms with van der Waals surface area (Å²) >= 11 is 0. The Morgan fingerprint density at radius 2 is 1.76 bits per heavy atom. The topological polar surface area (TPSA) is 12.0 Å². The van der Waals surface area contributed by atoms with Gasteiger partial charge in [0, 0.05) is 12.0 Å². The normalized spacial score (nSPS) is 29.2. The molecule has 0 amide bonds. The summed E-state index contributed by atoms with van der Waals surface area (Å²) in [5, 5.41) is 3.77. The standard InChI is InChI=1S/C16H23N/c1-3-7-13(8-4-1)12-17-16-11-15(16)14-9-5-2-6-10-14/h2,5-6,9-10,13,15-17H,1,3-4,7-8,11-12H2/t15?,16-/m0/s1. The Kier molecular flexibility index (Phi) is 3.46. The minimum absolute atomic E-state index is 0.763. The number of nitrogens with one attached hydrogen (secondary N) is 1. The van der Waals surface area contributed by atoms with Crippen LogP contribution < -0.4 is 5.32 Å². The van der Waals surface area contributed by atoms with Crippen LogP contribution in [-0.2, 0) is 0 Å². The predicted molar refractivity (Wildman–Crippen MR) is 72.2 cm³/mol. The van der Waals surface area contributed by atoms with Crippen molar-refractivity contribution < 1.29 is 0 Å². The van der Waals surface area contributed by atoms with Crippen LogP contribution in [0.5, 0.6) is 0 Å². The first-order valence-electron chi connectivity index (χ1n) is 7.22. The predicted octanol–water partition coefficient (Wildman–Crippen LogP) is 3.71. The van der Waals surface area contributed by atoms with Gasteiger partial charge in [-0.25, -0.2) is 0 Å². The maximum atomic E-state index is 3.77. The van der Waals surface area contributed by atoms with Crippen molar-refractivity contribution >= 4 is 0 Å². The fourth-order valence-electron chi connectivity index (χ4n) is 3.20. The SMILES string of the molecule is c1ccc(C2C[C@@H]2NCC2CCCCC2)cc1. The highest BCUT2D eigenvalue weighted by Gasteiger charge is 2.37. The molecule has 0 saturated heterocycles. The zero-order valence-electron chi connectivity index (χ0n) is 10.6. The van der Waals surface area contributed by atoms with E-state index < -0.39 is 0 Å². The number of hydrogen-bond acceptors (Lipinski definition) is 1. The van der Waals surface area contributed by atoms with Crippen molar-refractivity contribution in [3.05, 3.63) is 35.9 Å². The highest BCUT2D eigenvalue weighted by Crippen LogP contribution is 2.40. The summed E-state index contributed by atoms with van der Waals surface area (Å²) in [5.74, 6) is 1.75. The zero-order chi connectivity index (χ0) is 11.5. The summed E-state index contributed by atoms with van der Waals surface area (Å²) < 4.78 is 0. The molecule has 3 rings (SSSR count). The molecule has 0 radical (unpaired) electrons. The molecule has 0 spiro atoms. The van der Waals surface area contributed by atoms with Gasteiger partial charge in [-0.2, -0.15) is 0 Å². The third-order valence-electron chi connectivity index (χ3n) is 4.41. The second-order valence-corrected chi connectivity index (χ2v) is 5.77. The van der Waals surface area contributed by atoms with Gasteiger partial charge < -0.3 is 5.32 Å². The average Bonchev–Trinajstić information content (AvgIpc) is 3.18. The monoisotopic (exact) mass is 229 g/mol. The number of benzene rings is 1. The Labute approximate surface area is 105 Å². The molecular formula is C16H23N. The van der Waals surface area contributed by atoms with E-state index in [0.717, 1.165) is 17.9 Å². The Hall–Kier alpha value is -0.820. The molecular weight excluding hydrogens is 206 g/mol. The van der Waals surface area contributed by atoms with Crippen LogP contribution in [0.3, 0.4) is 0 Å². The Morgan fingerprint density at radius 1 is 1.00 bits per heavy atom. The van der Waals surface area contributed by atoms with Crippen LogP contribution in [0.25, 0.3) is 0 Å². The third kappa shape index (κ3) is 2.90. The molecule has 17 heavy (non-hydrogen) atoms. The molecule has 2 aliphatic rings. The quantitative estimate of drug-likeness (QED) is 0.830. The summed E-state index contributed by atoms with van der Waals surface area (Å²) in [7, 11) is 0. The van der Waals surface area contributed by atoms with Gasteiger partial charge in [0.05, 0.1) is 0 Å². The van der Waals surface area contributed by atoms with Crippen molar-refractivity contribution in [2.75, 3.05) is 6.54 Å². The highest BCUT2D eigenvalue weighted by molar-refractivity contribution is 5.27. The lowest BCUT2D eigenvalue weighted by Crippen LogP contribution is -2.27. The molecule has 0 aromatic heterocycles. The van der Waals surface area contributed by atoms with E-state index >= 15 is 0 Å². The molecule has 92 valence electrons. The zero-order valence-corrected chi connectivity index (χ0v) is 10.6. The summed E-state index contributed by atoms with van der Waals surface area (Å²) in [6.07, 6.45) is 8.63. The first-order valence-corrected chi connectivity index (χ1v) is 7.22. The second-order valence-electron chi connectivity index (χ2n) is 5.77. The molecule has 2 saturated carbocycles. The molecule has 0 bridgehead atoms. The molecule has 2 aliphatic carbocycles. The molecule has 2 atom stereocenters. The van der Waals surface area contributed by atoms with Crippen LogP contribution >= 0.6 is 0 Å². The molecule has 1 nitrogen and oxygen atoms in total. The number of hydrogen-bond donors (Lipinski definition) is 1. The van der Waals surface area contributed by atoms with E-state index in [1.54, 1.807) is 0 Å². The molecule has 1 unspecified atom stereocenters. The average molecular weight is 229 g/mol. The van der Waals surface area contributed by atoms with Crippen molar-refractivity contribution in [2.45, 2.75) is 50.5 Å². The van der Waals surface area contributed by atoms with E-state index in [1.807, 2.05) is 0 Å². The summed E-state index contributed by atoms with van der Waals surface area (Å²) in [4.78, 5) is 0. The molecule has 1 aromatic carbocycles. The maximum absolute atomic E-state index is 3.77. The molecule has 2 fully saturated rings. The summed E-state index contributed by atoms with van der Waals surface area (Å²) in [6.45, 7) is 1.26. The fourth-order valence-corrected chi connectivity index (χ4v) is 3.20. The van der Waals surface area contributed by atoms with Gasteiger partial charge in [0.25, 0.3) is 0 Å². The second kappa shape index (κ2) is 5.22. The van der Waals surface area contributed by atoms with Crippen molar-refractivity contribution in [1.82, 2.24) is 5.32 Å². The van der Waals surface area contributed by atoms with Gasteiger partial charge in [-0.3, -0.25) is 0 Å². The molecule has 0 aliphatic heterocycles. The van der Waals surface area contributed by atoms with Gasteiger partial charge in [-0.15, -0.1) is 0 Å². The molecule has 1 heteroatoms. The lowest BCUT2D eigenvalue weighted by molar-refractivity contribution is 0.341. The minimum Gasteiger partial charge on any atom is -0.313 e. The third-order valence-corrected chi connectivity index (χ3v) is 4.41. The van der Waals surface area contributed by atoms with Gasteiger partial charge >= 0.3 is 0 Å². The lowest BCUT2D eigenvalue weighted by atomic mass is 9.89. The van der Waals surface area contributed by atoms with E-state index in [9.17, 15) is 0 Å². The van der Waals surface area contributed by atoms with Gasteiger partial charge in [0.2, 0.25) is 0 Å². The minimum atomic E-state index is 0.763. The van der Waals surface area contributed by atoms with Crippen LogP contribution in [0.2, 0.25) is 0 Å². The molecule has 0 heterocycles. The van der Waals surface area contributed by atoms with Gasteiger partial charge in [0.1, 0.15) is 0 Å². The summed E-state index contributed by atoms with van der Waals surface area (Å²) in [6, 6.07) is 11.7. The van der Waals surface area contributed by atoms with Gasteiger partial charge in [-0.1, -0.05) is 49.6 Å². The van der Waals surface area contributed by atoms with Crippen LogP contribution in [0, 0.1) is 5.92 Å². The van der Waals surface area contributed by atoms with Crippen LogP contribution in [0.4, 0.5) is 0 Å². The maximum Gasteiger partial charge on any atom is 0.0143 e. The van der Waals surface area contributed by atoms with E-state index in [4.69, 9.17) is 0 Å². The molecule has 1 aromatic rings. The molecule has 1 N–H and O–H groups in total. The highest BCUT2D eigenvalue weighted by atomic mass is 15.0. The van der Waals surface area contributed by atoms with Crippen molar-refractivity contribution in [2.24, 2.45) is 5.92 Å². The van der Waals surface area contributed by atoms with Crippen LogP contribution in [0.1, 0.15) is 50.0 Å². The first-order chi connectivity index (χ1) is 8.43. The van der Waals surface area contributed by atoms with Crippen LogP contribution in [-0.4, -0.2) is 12.6 Å². The van der Waals surface area contributed by atoms with E-state index in [1.165, 1.54) is 50.6 Å². The smallest absolute Gasteiger partial charge is 0.0143 e. The van der Waals surface area contributed by atoms with E-state index in [2.05, 4.69) is 35.6 Å². The summed E-state index contributed by atoms with van der Waals surface area (Å²) in [5.41, 5.74) is 1.52. The van der Waals surface area contributed by atoms with Crippen molar-refractivity contribution in [3.63, 3.8) is 0 Å². The number of rotatable bonds is 4. The van der Waals surface area contributed by atoms with Gasteiger partial charge in [-0.05, 0) is 37.3 Å². The largest absolute Gasteiger partial charge is 0.313 e. The van der Waals surface area contributed by atoms with Crippen LogP contribution in [0.15, 0.2) is 30.3 Å². The lowest BCUT2D eigenvalue weighted by Gasteiger charge is -2.21.